The summed E-state index contributed by atoms with van der Waals surface area (Å²) >= 11 is 0. The highest BCUT2D eigenvalue weighted by Gasteiger charge is 2.49. The third kappa shape index (κ3) is 8.87. The maximum atomic E-state index is 14.2. The average molecular weight is 877 g/mol. The van der Waals surface area contributed by atoms with Crippen LogP contribution >= 0.6 is 0 Å². The van der Waals surface area contributed by atoms with Crippen LogP contribution in [0.15, 0.2) is 69.9 Å². The fourth-order valence-corrected chi connectivity index (χ4v) is 7.00. The Balaban J connectivity index is 1.17. The van der Waals surface area contributed by atoms with Gasteiger partial charge in [-0.1, -0.05) is 18.2 Å². The molecule has 0 amide bonds. The first-order valence-electron chi connectivity index (χ1n) is 19.1. The van der Waals surface area contributed by atoms with Crippen molar-refractivity contribution in [1.82, 2.24) is 0 Å². The van der Waals surface area contributed by atoms with Gasteiger partial charge in [-0.15, -0.1) is 0 Å². The SMILES string of the molecule is C[C@@H]1O[C@@H](OC[C@H]2O[C@@H](Oc3c(-c4ccc(O)c(O)c4)oc4cc(O[C@@H]5O[C@H](COC(=O)c6ccccc6)[C@@H](O)[C@H](O)[C@H]5O)cc(O)c4c3=O)[C@H](O)[C@@H](O)[C@@H]2O)[C@H](O)[C@H](O)[C@H]1O. The Kier molecular flexibility index (Phi) is 13.2. The van der Waals surface area contributed by atoms with Crippen LogP contribution in [0.25, 0.3) is 22.3 Å². The molecule has 3 fully saturated rings. The standard InChI is InChI=1S/C40H44O22/c1-14-25(44)29(48)32(51)38(57-14)56-13-23-27(46)31(50)34(53)40(61-23)62-36-28(47)24-20(43)10-17(11-21(24)59-35(36)16-7-8-18(41)19(42)9-16)58-39-33(52)30(49)26(45)22(60-39)12-55-37(54)15-5-3-2-4-6-15/h2-11,14,22-23,25-27,29-34,38-46,48-53H,12-13H2,1H3/t14-,22+,23+,25-,26+,27+,29+,30-,31-,32+,33+,34+,38+,39+,40-/m0/s1. The first-order chi connectivity index (χ1) is 29.4. The Morgan fingerprint density at radius 3 is 1.85 bits per heavy atom. The summed E-state index contributed by atoms with van der Waals surface area (Å²) in [5.74, 6) is -4.52. The molecule has 0 spiro atoms. The number of benzene rings is 3. The molecule has 0 bridgehead atoms. The van der Waals surface area contributed by atoms with Gasteiger partial charge in [0.1, 0.15) is 96.2 Å². The zero-order valence-electron chi connectivity index (χ0n) is 32.3. The minimum Gasteiger partial charge on any atom is -0.507 e. The summed E-state index contributed by atoms with van der Waals surface area (Å²) in [6, 6.07) is 13.0. The van der Waals surface area contributed by atoms with Crippen molar-refractivity contribution in [3.63, 3.8) is 0 Å². The number of phenolic OH excluding ortho intramolecular Hbond substituents is 3. The van der Waals surface area contributed by atoms with E-state index in [0.717, 1.165) is 24.3 Å². The van der Waals surface area contributed by atoms with Crippen molar-refractivity contribution in [1.29, 1.82) is 0 Å². The Hall–Kier alpha value is -5.18. The second-order valence-corrected chi connectivity index (χ2v) is 14.9. The summed E-state index contributed by atoms with van der Waals surface area (Å²) in [4.78, 5) is 26.7. The number of carbonyl (C=O) groups is 1. The molecule has 3 aliphatic rings. The van der Waals surface area contributed by atoms with Gasteiger partial charge < -0.3 is 98.9 Å². The Morgan fingerprint density at radius 1 is 0.613 bits per heavy atom. The summed E-state index contributed by atoms with van der Waals surface area (Å²) < 4.78 is 45.0. The van der Waals surface area contributed by atoms with Gasteiger partial charge in [0.25, 0.3) is 0 Å². The Bertz CT molecular complexity index is 2270. The largest absolute Gasteiger partial charge is 0.507 e. The Labute approximate surface area is 349 Å². The Morgan fingerprint density at radius 2 is 1.21 bits per heavy atom. The average Bonchev–Trinajstić information content (AvgIpc) is 3.25. The molecule has 0 saturated carbocycles. The van der Waals surface area contributed by atoms with Crippen LogP contribution in [0.5, 0.6) is 28.7 Å². The number of rotatable bonds is 11. The molecular formula is C40H44O22. The zero-order valence-corrected chi connectivity index (χ0v) is 32.3. The number of hydrogen-bond acceptors (Lipinski definition) is 22. The van der Waals surface area contributed by atoms with Gasteiger partial charge in [0, 0.05) is 17.7 Å². The molecule has 0 unspecified atom stereocenters. The van der Waals surface area contributed by atoms with Crippen LogP contribution in [-0.2, 0) is 23.7 Å². The molecule has 62 heavy (non-hydrogen) atoms. The number of fused-ring (bicyclic) bond motifs is 1. The van der Waals surface area contributed by atoms with Crippen molar-refractivity contribution in [2.75, 3.05) is 13.2 Å². The highest BCUT2D eigenvalue weighted by atomic mass is 16.7. The first kappa shape index (κ1) is 44.9. The van der Waals surface area contributed by atoms with Crippen LogP contribution in [0.2, 0.25) is 0 Å². The smallest absolute Gasteiger partial charge is 0.338 e. The molecule has 15 atom stereocenters. The van der Waals surface area contributed by atoms with Gasteiger partial charge in [-0.05, 0) is 37.3 Å². The van der Waals surface area contributed by atoms with Crippen molar-refractivity contribution < 1.29 is 104 Å². The lowest BCUT2D eigenvalue weighted by Gasteiger charge is -2.42. The molecule has 4 heterocycles. The van der Waals surface area contributed by atoms with Crippen molar-refractivity contribution >= 4 is 16.9 Å². The maximum Gasteiger partial charge on any atom is 0.338 e. The summed E-state index contributed by atoms with van der Waals surface area (Å²) in [5.41, 5.74) is -1.53. The molecule has 22 heteroatoms. The van der Waals surface area contributed by atoms with E-state index in [1.807, 2.05) is 0 Å². The molecule has 3 aliphatic heterocycles. The minimum atomic E-state index is -2.07. The molecule has 0 aliphatic carbocycles. The summed E-state index contributed by atoms with van der Waals surface area (Å²) in [7, 11) is 0. The predicted molar refractivity (Wildman–Crippen MR) is 203 cm³/mol. The quantitative estimate of drug-likeness (QED) is 0.0554. The van der Waals surface area contributed by atoms with Crippen molar-refractivity contribution in [2.24, 2.45) is 0 Å². The summed E-state index contributed by atoms with van der Waals surface area (Å²) in [6.07, 6.45) is -25.7. The number of ether oxygens (including phenoxy) is 7. The molecule has 3 saturated heterocycles. The summed E-state index contributed by atoms with van der Waals surface area (Å²) in [6.45, 7) is 0.138. The number of aliphatic hydroxyl groups excluding tert-OH is 9. The van der Waals surface area contributed by atoms with Crippen LogP contribution in [0, 0.1) is 0 Å². The van der Waals surface area contributed by atoms with Gasteiger partial charge in [0.2, 0.25) is 23.8 Å². The van der Waals surface area contributed by atoms with Gasteiger partial charge in [0.15, 0.2) is 23.5 Å². The maximum absolute atomic E-state index is 14.2. The molecule has 7 rings (SSSR count). The van der Waals surface area contributed by atoms with Crippen LogP contribution in [0.4, 0.5) is 0 Å². The number of carbonyl (C=O) groups excluding carboxylic acids is 1. The molecule has 3 aromatic carbocycles. The van der Waals surface area contributed by atoms with Crippen molar-refractivity contribution in [3.8, 4) is 40.1 Å². The lowest BCUT2D eigenvalue weighted by Crippen LogP contribution is -2.61. The lowest BCUT2D eigenvalue weighted by molar-refractivity contribution is -0.318. The summed E-state index contributed by atoms with van der Waals surface area (Å²) in [5, 5.41) is 126. The topological polar surface area (TPSA) is 355 Å². The van der Waals surface area contributed by atoms with E-state index in [9.17, 15) is 70.9 Å². The number of esters is 1. The number of hydrogen-bond donors (Lipinski definition) is 12. The monoisotopic (exact) mass is 876 g/mol. The molecule has 336 valence electrons. The second-order valence-electron chi connectivity index (χ2n) is 14.9. The molecule has 22 nitrogen and oxygen atoms in total. The van der Waals surface area contributed by atoms with E-state index in [-0.39, 0.29) is 16.9 Å². The normalized spacial score (nSPS) is 33.8. The molecule has 4 aromatic rings. The van der Waals surface area contributed by atoms with Crippen LogP contribution < -0.4 is 14.9 Å². The molecular weight excluding hydrogens is 832 g/mol. The van der Waals surface area contributed by atoms with E-state index in [2.05, 4.69) is 0 Å². The fraction of sp³-hybridized carbons (Fsp3) is 0.450. The zero-order chi connectivity index (χ0) is 44.7. The van der Waals surface area contributed by atoms with Crippen LogP contribution in [-0.4, -0.2) is 173 Å². The lowest BCUT2D eigenvalue weighted by atomic mass is 9.98. The van der Waals surface area contributed by atoms with Gasteiger partial charge in [-0.3, -0.25) is 4.79 Å². The van der Waals surface area contributed by atoms with Crippen molar-refractivity contribution in [3.05, 3.63) is 76.5 Å². The third-order valence-corrected chi connectivity index (χ3v) is 10.6. The molecule has 0 radical (unpaired) electrons. The first-order valence-corrected chi connectivity index (χ1v) is 19.1. The minimum absolute atomic E-state index is 0.139. The third-order valence-electron chi connectivity index (χ3n) is 10.6. The van der Waals surface area contributed by atoms with Gasteiger partial charge in [-0.2, -0.15) is 0 Å². The van der Waals surface area contributed by atoms with Gasteiger partial charge in [0.05, 0.1) is 18.3 Å². The highest BCUT2D eigenvalue weighted by molar-refractivity contribution is 5.89. The molecule has 1 aromatic heterocycles. The van der Waals surface area contributed by atoms with E-state index >= 15 is 0 Å². The van der Waals surface area contributed by atoms with Crippen molar-refractivity contribution in [2.45, 2.75) is 99.0 Å². The van der Waals surface area contributed by atoms with E-state index < -0.39 is 156 Å². The fourth-order valence-electron chi connectivity index (χ4n) is 7.00. The van der Waals surface area contributed by atoms with Gasteiger partial charge in [-0.25, -0.2) is 4.79 Å². The van der Waals surface area contributed by atoms with Crippen LogP contribution in [0.1, 0.15) is 17.3 Å². The number of aromatic hydroxyl groups is 3. The second kappa shape index (κ2) is 18.3. The van der Waals surface area contributed by atoms with E-state index in [4.69, 9.17) is 37.6 Å². The number of phenols is 3. The number of aliphatic hydroxyl groups is 9. The predicted octanol–water partition coefficient (Wildman–Crippen LogP) is -2.35. The van der Waals surface area contributed by atoms with E-state index in [1.165, 1.54) is 25.1 Å². The van der Waals surface area contributed by atoms with E-state index in [0.29, 0.717) is 0 Å². The highest BCUT2D eigenvalue weighted by Crippen LogP contribution is 2.40. The van der Waals surface area contributed by atoms with E-state index in [1.54, 1.807) is 18.2 Å². The molecule has 12 N–H and O–H groups in total. The van der Waals surface area contributed by atoms with Gasteiger partial charge >= 0.3 is 5.97 Å². The van der Waals surface area contributed by atoms with Crippen LogP contribution in [0.3, 0.4) is 0 Å².